The fraction of sp³-hybridized carbons (Fsp3) is 0.929. The zero-order valence-electron chi connectivity index (χ0n) is 12.4. The van der Waals surface area contributed by atoms with Gasteiger partial charge in [-0.2, -0.15) is 0 Å². The van der Waals surface area contributed by atoms with E-state index in [1.165, 1.54) is 0 Å². The molecule has 0 unspecified atom stereocenters. The van der Waals surface area contributed by atoms with Gasteiger partial charge in [-0.25, -0.2) is 0 Å². The first kappa shape index (κ1) is 14.8. The summed E-state index contributed by atoms with van der Waals surface area (Å²) in [7, 11) is 1.90. The molecule has 0 saturated carbocycles. The summed E-state index contributed by atoms with van der Waals surface area (Å²) in [5, 5.41) is 0. The van der Waals surface area contributed by atoms with E-state index in [9.17, 15) is 4.79 Å². The summed E-state index contributed by atoms with van der Waals surface area (Å²) in [6.07, 6.45) is 0. The molecule has 0 bridgehead atoms. The standard InChI is InChI=1S/C14H26N2O3/c1-12(8-16-4-6-18-7-5-16)13(17)15(3)9-14(2)10-19-11-14/h12H,4-11H2,1-3H3/t12-/m1/s1. The van der Waals surface area contributed by atoms with Gasteiger partial charge < -0.3 is 14.4 Å². The topological polar surface area (TPSA) is 42.0 Å². The third-order valence-corrected chi connectivity index (χ3v) is 3.95. The first-order valence-electron chi connectivity index (χ1n) is 7.13. The van der Waals surface area contributed by atoms with Crippen molar-refractivity contribution in [3.8, 4) is 0 Å². The van der Waals surface area contributed by atoms with Crippen molar-refractivity contribution in [2.75, 3.05) is 59.7 Å². The number of hydrogen-bond donors (Lipinski definition) is 0. The largest absolute Gasteiger partial charge is 0.380 e. The van der Waals surface area contributed by atoms with Gasteiger partial charge in [0.2, 0.25) is 5.91 Å². The quantitative estimate of drug-likeness (QED) is 0.727. The van der Waals surface area contributed by atoms with Crippen LogP contribution in [0.25, 0.3) is 0 Å². The summed E-state index contributed by atoms with van der Waals surface area (Å²) in [5.41, 5.74) is 0.156. The second-order valence-electron chi connectivity index (χ2n) is 6.31. The fourth-order valence-electron chi connectivity index (χ4n) is 2.82. The summed E-state index contributed by atoms with van der Waals surface area (Å²) >= 11 is 0. The van der Waals surface area contributed by atoms with E-state index in [2.05, 4.69) is 11.8 Å². The number of carbonyl (C=O) groups is 1. The lowest BCUT2D eigenvalue weighted by atomic mass is 9.88. The molecule has 0 radical (unpaired) electrons. The molecule has 0 aromatic rings. The first-order valence-corrected chi connectivity index (χ1v) is 7.13. The van der Waals surface area contributed by atoms with Gasteiger partial charge in [0, 0.05) is 44.6 Å². The number of rotatable bonds is 5. The molecule has 19 heavy (non-hydrogen) atoms. The van der Waals surface area contributed by atoms with Crippen LogP contribution in [0.4, 0.5) is 0 Å². The van der Waals surface area contributed by atoms with Crippen molar-refractivity contribution in [2.24, 2.45) is 11.3 Å². The normalized spacial score (nSPS) is 24.6. The van der Waals surface area contributed by atoms with Crippen LogP contribution in [0.5, 0.6) is 0 Å². The maximum absolute atomic E-state index is 12.4. The van der Waals surface area contributed by atoms with Gasteiger partial charge in [0.15, 0.2) is 0 Å². The molecule has 5 nitrogen and oxygen atoms in total. The molecule has 0 aromatic heterocycles. The number of carbonyl (C=O) groups excluding carboxylic acids is 1. The molecule has 2 saturated heterocycles. The lowest BCUT2D eigenvalue weighted by Gasteiger charge is -2.41. The zero-order chi connectivity index (χ0) is 13.9. The van der Waals surface area contributed by atoms with E-state index in [0.717, 1.165) is 52.6 Å². The number of hydrogen-bond acceptors (Lipinski definition) is 4. The van der Waals surface area contributed by atoms with Crippen LogP contribution in [0.15, 0.2) is 0 Å². The van der Waals surface area contributed by atoms with Crippen molar-refractivity contribution in [3.05, 3.63) is 0 Å². The lowest BCUT2D eigenvalue weighted by Crippen LogP contribution is -2.51. The van der Waals surface area contributed by atoms with Gasteiger partial charge in [-0.05, 0) is 0 Å². The van der Waals surface area contributed by atoms with Crippen LogP contribution in [0, 0.1) is 11.3 Å². The molecule has 110 valence electrons. The van der Waals surface area contributed by atoms with Crippen LogP contribution in [0.1, 0.15) is 13.8 Å². The second kappa shape index (κ2) is 6.20. The van der Waals surface area contributed by atoms with Crippen LogP contribution in [-0.4, -0.2) is 75.4 Å². The van der Waals surface area contributed by atoms with Crippen molar-refractivity contribution in [3.63, 3.8) is 0 Å². The highest BCUT2D eigenvalue weighted by Gasteiger charge is 2.36. The molecule has 2 aliphatic rings. The van der Waals surface area contributed by atoms with E-state index in [-0.39, 0.29) is 17.2 Å². The minimum atomic E-state index is 0.0488. The molecule has 2 heterocycles. The smallest absolute Gasteiger partial charge is 0.226 e. The Labute approximate surface area is 115 Å². The Morgan fingerprint density at radius 1 is 1.32 bits per heavy atom. The fourth-order valence-corrected chi connectivity index (χ4v) is 2.82. The molecule has 2 rings (SSSR count). The molecule has 5 heteroatoms. The molecule has 2 aliphatic heterocycles. The van der Waals surface area contributed by atoms with Gasteiger partial charge in [-0.1, -0.05) is 13.8 Å². The van der Waals surface area contributed by atoms with Gasteiger partial charge in [0.05, 0.1) is 26.4 Å². The maximum atomic E-state index is 12.4. The van der Waals surface area contributed by atoms with Crippen molar-refractivity contribution < 1.29 is 14.3 Å². The van der Waals surface area contributed by atoms with Crippen molar-refractivity contribution in [1.82, 2.24) is 9.80 Å². The minimum absolute atomic E-state index is 0.0488. The first-order chi connectivity index (χ1) is 9.00. The van der Waals surface area contributed by atoms with Gasteiger partial charge in [-0.3, -0.25) is 9.69 Å². The Morgan fingerprint density at radius 2 is 1.95 bits per heavy atom. The summed E-state index contributed by atoms with van der Waals surface area (Å²) in [5.74, 6) is 0.285. The average Bonchev–Trinajstić information content (AvgIpc) is 2.37. The van der Waals surface area contributed by atoms with Crippen LogP contribution < -0.4 is 0 Å². The number of ether oxygens (including phenoxy) is 2. The summed E-state index contributed by atoms with van der Waals surface area (Å²) in [6, 6.07) is 0. The van der Waals surface area contributed by atoms with E-state index in [4.69, 9.17) is 9.47 Å². The highest BCUT2D eigenvalue weighted by atomic mass is 16.5. The predicted molar refractivity (Wildman–Crippen MR) is 73.0 cm³/mol. The van der Waals surface area contributed by atoms with E-state index in [0.29, 0.717) is 0 Å². The Balaban J connectivity index is 1.77. The van der Waals surface area contributed by atoms with E-state index in [1.54, 1.807) is 0 Å². The van der Waals surface area contributed by atoms with Crippen LogP contribution >= 0.6 is 0 Å². The average molecular weight is 270 g/mol. The minimum Gasteiger partial charge on any atom is -0.380 e. The Kier molecular flexibility index (Phi) is 4.81. The number of nitrogens with zero attached hydrogens (tertiary/aromatic N) is 2. The third-order valence-electron chi connectivity index (χ3n) is 3.95. The van der Waals surface area contributed by atoms with Crippen LogP contribution in [0.3, 0.4) is 0 Å². The van der Waals surface area contributed by atoms with E-state index >= 15 is 0 Å². The maximum Gasteiger partial charge on any atom is 0.226 e. The molecular weight excluding hydrogens is 244 g/mol. The number of amides is 1. The van der Waals surface area contributed by atoms with Crippen molar-refractivity contribution >= 4 is 5.91 Å². The number of morpholine rings is 1. The lowest BCUT2D eigenvalue weighted by molar-refractivity contribution is -0.146. The molecule has 0 aliphatic carbocycles. The Hall–Kier alpha value is -0.650. The summed E-state index contributed by atoms with van der Waals surface area (Å²) in [6.45, 7) is 10.8. The highest BCUT2D eigenvalue weighted by Crippen LogP contribution is 2.27. The molecule has 1 atom stereocenters. The SMILES string of the molecule is C[C@H](CN1CCOCC1)C(=O)N(C)CC1(C)COC1. The monoisotopic (exact) mass is 270 g/mol. The molecule has 1 amide bonds. The zero-order valence-corrected chi connectivity index (χ0v) is 12.4. The van der Waals surface area contributed by atoms with E-state index < -0.39 is 0 Å². The van der Waals surface area contributed by atoms with E-state index in [1.807, 2.05) is 18.9 Å². The highest BCUT2D eigenvalue weighted by molar-refractivity contribution is 5.78. The van der Waals surface area contributed by atoms with Gasteiger partial charge in [0.25, 0.3) is 0 Å². The van der Waals surface area contributed by atoms with Gasteiger partial charge >= 0.3 is 0 Å². The molecule has 0 spiro atoms. The summed E-state index contributed by atoms with van der Waals surface area (Å²) in [4.78, 5) is 16.5. The molecule has 0 N–H and O–H groups in total. The second-order valence-corrected chi connectivity index (χ2v) is 6.31. The van der Waals surface area contributed by atoms with Crippen molar-refractivity contribution in [2.45, 2.75) is 13.8 Å². The predicted octanol–water partition coefficient (Wildman–Crippen LogP) is 0.450. The summed E-state index contributed by atoms with van der Waals surface area (Å²) < 4.78 is 10.6. The Bertz CT molecular complexity index is 312. The van der Waals surface area contributed by atoms with Crippen LogP contribution in [0.2, 0.25) is 0 Å². The Morgan fingerprint density at radius 3 is 2.47 bits per heavy atom. The van der Waals surface area contributed by atoms with Crippen molar-refractivity contribution in [1.29, 1.82) is 0 Å². The molecule has 0 aromatic carbocycles. The molecular formula is C14H26N2O3. The van der Waals surface area contributed by atoms with Gasteiger partial charge in [-0.15, -0.1) is 0 Å². The van der Waals surface area contributed by atoms with Gasteiger partial charge in [0.1, 0.15) is 0 Å². The third kappa shape index (κ3) is 3.91. The van der Waals surface area contributed by atoms with Crippen LogP contribution in [-0.2, 0) is 14.3 Å². The molecule has 2 fully saturated rings.